The van der Waals surface area contributed by atoms with E-state index in [2.05, 4.69) is 56.2 Å². The van der Waals surface area contributed by atoms with E-state index < -0.39 is 0 Å². The van der Waals surface area contributed by atoms with Crippen molar-refractivity contribution in [1.82, 2.24) is 20.1 Å². The summed E-state index contributed by atoms with van der Waals surface area (Å²) >= 11 is 1.46. The fourth-order valence-electron chi connectivity index (χ4n) is 3.94. The average molecular weight is 480 g/mol. The van der Waals surface area contributed by atoms with Crippen molar-refractivity contribution >= 4 is 23.6 Å². The summed E-state index contributed by atoms with van der Waals surface area (Å²) in [6.45, 7) is 7.58. The van der Waals surface area contributed by atoms with Gasteiger partial charge in [0.1, 0.15) is 0 Å². The molecule has 0 unspecified atom stereocenters. The Morgan fingerprint density at radius 3 is 2.32 bits per heavy atom. The van der Waals surface area contributed by atoms with Crippen molar-refractivity contribution in [1.29, 1.82) is 0 Å². The molecule has 3 aromatic rings. The molecule has 7 nitrogen and oxygen atoms in total. The SMILES string of the molecule is C[C@H](CCc1ccccc1)NC(=O)[C@H](C)Sc1nnc(N2CCOCC2)n1Cc1ccccc1. The number of hydrogen-bond acceptors (Lipinski definition) is 6. The molecule has 2 atom stereocenters. The zero-order valence-electron chi connectivity index (χ0n) is 19.9. The first-order chi connectivity index (χ1) is 16.6. The van der Waals surface area contributed by atoms with Crippen LogP contribution in [-0.2, 0) is 22.5 Å². The minimum Gasteiger partial charge on any atom is -0.378 e. The number of carbonyl (C=O) groups excluding carboxylic acids is 1. The summed E-state index contributed by atoms with van der Waals surface area (Å²) in [5.74, 6) is 0.853. The van der Waals surface area contributed by atoms with E-state index in [4.69, 9.17) is 4.74 Å². The van der Waals surface area contributed by atoms with Gasteiger partial charge >= 0.3 is 0 Å². The Morgan fingerprint density at radius 2 is 1.65 bits per heavy atom. The Hall–Kier alpha value is -2.84. The summed E-state index contributed by atoms with van der Waals surface area (Å²) in [4.78, 5) is 15.1. The molecule has 1 aromatic heterocycles. The highest BCUT2D eigenvalue weighted by atomic mass is 32.2. The van der Waals surface area contributed by atoms with E-state index >= 15 is 0 Å². The molecular weight excluding hydrogens is 446 g/mol. The largest absolute Gasteiger partial charge is 0.378 e. The third-order valence-electron chi connectivity index (χ3n) is 5.92. The number of ether oxygens (including phenoxy) is 1. The minimum atomic E-state index is -0.282. The lowest BCUT2D eigenvalue weighted by Gasteiger charge is -2.28. The van der Waals surface area contributed by atoms with E-state index in [0.29, 0.717) is 19.8 Å². The van der Waals surface area contributed by atoms with Crippen molar-refractivity contribution in [3.05, 3.63) is 71.8 Å². The molecule has 0 radical (unpaired) electrons. The van der Waals surface area contributed by atoms with Crippen molar-refractivity contribution < 1.29 is 9.53 Å². The zero-order valence-corrected chi connectivity index (χ0v) is 20.7. The molecule has 2 heterocycles. The van der Waals surface area contributed by atoms with Crippen LogP contribution in [0.25, 0.3) is 0 Å². The second kappa shape index (κ2) is 12.0. The number of hydrogen-bond donors (Lipinski definition) is 1. The molecule has 1 N–H and O–H groups in total. The maximum absolute atomic E-state index is 12.9. The van der Waals surface area contributed by atoms with Gasteiger partial charge in [0.15, 0.2) is 5.16 Å². The number of aromatic nitrogens is 3. The van der Waals surface area contributed by atoms with Gasteiger partial charge in [0.05, 0.1) is 25.0 Å². The number of aryl methyl sites for hydroxylation is 1. The van der Waals surface area contributed by atoms with Gasteiger partial charge in [-0.05, 0) is 37.8 Å². The highest BCUT2D eigenvalue weighted by molar-refractivity contribution is 8.00. The number of benzene rings is 2. The van der Waals surface area contributed by atoms with Crippen LogP contribution in [0.5, 0.6) is 0 Å². The predicted octanol–water partition coefficient (Wildman–Crippen LogP) is 3.78. The van der Waals surface area contributed by atoms with Gasteiger partial charge in [-0.3, -0.25) is 9.36 Å². The third kappa shape index (κ3) is 6.61. The number of thioether (sulfide) groups is 1. The number of morpholine rings is 1. The van der Waals surface area contributed by atoms with Crippen LogP contribution < -0.4 is 10.2 Å². The van der Waals surface area contributed by atoms with Crippen molar-refractivity contribution in [2.24, 2.45) is 0 Å². The van der Waals surface area contributed by atoms with Crippen molar-refractivity contribution in [2.45, 2.75) is 49.7 Å². The topological polar surface area (TPSA) is 72.3 Å². The lowest BCUT2D eigenvalue weighted by atomic mass is 10.1. The van der Waals surface area contributed by atoms with Crippen LogP contribution in [0.3, 0.4) is 0 Å². The average Bonchev–Trinajstić information content (AvgIpc) is 3.26. The molecule has 34 heavy (non-hydrogen) atoms. The van der Waals surface area contributed by atoms with Crippen LogP contribution in [0.15, 0.2) is 65.8 Å². The molecule has 1 aliphatic rings. The maximum atomic E-state index is 12.9. The molecule has 8 heteroatoms. The smallest absolute Gasteiger partial charge is 0.233 e. The van der Waals surface area contributed by atoms with Crippen LogP contribution in [0.1, 0.15) is 31.4 Å². The Bertz CT molecular complexity index is 1040. The normalized spacial score (nSPS) is 15.6. The zero-order chi connectivity index (χ0) is 23.8. The summed E-state index contributed by atoms with van der Waals surface area (Å²) in [6, 6.07) is 20.8. The first-order valence-corrected chi connectivity index (χ1v) is 12.8. The second-order valence-electron chi connectivity index (χ2n) is 8.65. The van der Waals surface area contributed by atoms with Gasteiger partial charge in [0.2, 0.25) is 11.9 Å². The summed E-state index contributed by atoms with van der Waals surface area (Å²) in [5, 5.41) is 12.6. The molecule has 2 aromatic carbocycles. The Balaban J connectivity index is 1.41. The van der Waals surface area contributed by atoms with E-state index in [9.17, 15) is 4.79 Å². The standard InChI is InChI=1S/C26H33N5O2S/c1-20(13-14-22-9-5-3-6-10-22)27-24(32)21(2)34-26-29-28-25(30-15-17-33-18-16-30)31(26)19-23-11-7-4-8-12-23/h3-12,20-21H,13-19H2,1-2H3,(H,27,32)/t20-,21+/m1/s1. The van der Waals surface area contributed by atoms with Crippen LogP contribution in [0.4, 0.5) is 5.95 Å². The quantitative estimate of drug-likeness (QED) is 0.446. The monoisotopic (exact) mass is 479 g/mol. The predicted molar refractivity (Wildman–Crippen MR) is 136 cm³/mol. The Morgan fingerprint density at radius 1 is 1.00 bits per heavy atom. The summed E-state index contributed by atoms with van der Waals surface area (Å²) in [5.41, 5.74) is 2.46. The van der Waals surface area contributed by atoms with Crippen molar-refractivity contribution in [3.63, 3.8) is 0 Å². The Labute approximate surface area is 205 Å². The molecule has 0 aliphatic carbocycles. The minimum absolute atomic E-state index is 0.0211. The van der Waals surface area contributed by atoms with E-state index in [1.807, 2.05) is 43.3 Å². The molecule has 0 spiro atoms. The lowest BCUT2D eigenvalue weighted by molar-refractivity contribution is -0.120. The van der Waals surface area contributed by atoms with Crippen molar-refractivity contribution in [2.75, 3.05) is 31.2 Å². The fourth-order valence-corrected chi connectivity index (χ4v) is 4.79. The number of nitrogens with one attached hydrogen (secondary N) is 1. The van der Waals surface area contributed by atoms with Gasteiger partial charge in [0.25, 0.3) is 0 Å². The van der Waals surface area contributed by atoms with Gasteiger partial charge in [-0.25, -0.2) is 0 Å². The third-order valence-corrected chi connectivity index (χ3v) is 7.00. The molecule has 4 rings (SSSR count). The first-order valence-electron chi connectivity index (χ1n) is 11.9. The van der Waals surface area contributed by atoms with E-state index in [-0.39, 0.29) is 17.2 Å². The lowest BCUT2D eigenvalue weighted by Crippen LogP contribution is -2.38. The van der Waals surface area contributed by atoms with Crippen LogP contribution in [0.2, 0.25) is 0 Å². The van der Waals surface area contributed by atoms with Gasteiger partial charge in [-0.2, -0.15) is 0 Å². The Kier molecular flexibility index (Phi) is 8.60. The molecule has 0 saturated carbocycles. The van der Waals surface area contributed by atoms with Crippen LogP contribution in [-0.4, -0.2) is 58.3 Å². The van der Waals surface area contributed by atoms with E-state index in [0.717, 1.165) is 37.0 Å². The number of anilines is 1. The highest BCUT2D eigenvalue weighted by Crippen LogP contribution is 2.27. The molecule has 180 valence electrons. The summed E-state index contributed by atoms with van der Waals surface area (Å²) < 4.78 is 7.63. The van der Waals surface area contributed by atoms with E-state index in [1.165, 1.54) is 22.9 Å². The number of carbonyl (C=O) groups is 1. The highest BCUT2D eigenvalue weighted by Gasteiger charge is 2.24. The van der Waals surface area contributed by atoms with Gasteiger partial charge in [-0.1, -0.05) is 72.4 Å². The van der Waals surface area contributed by atoms with E-state index in [1.54, 1.807) is 0 Å². The molecule has 1 fully saturated rings. The number of amides is 1. The molecule has 1 saturated heterocycles. The second-order valence-corrected chi connectivity index (χ2v) is 9.96. The molecule has 0 bridgehead atoms. The van der Waals surface area contributed by atoms with Gasteiger partial charge in [-0.15, -0.1) is 10.2 Å². The number of nitrogens with zero attached hydrogens (tertiary/aromatic N) is 4. The number of rotatable bonds is 10. The molecular formula is C26H33N5O2S. The molecule has 1 amide bonds. The maximum Gasteiger partial charge on any atom is 0.233 e. The van der Waals surface area contributed by atoms with Crippen molar-refractivity contribution in [3.8, 4) is 0 Å². The molecule has 1 aliphatic heterocycles. The summed E-state index contributed by atoms with van der Waals surface area (Å²) in [7, 11) is 0. The first kappa shape index (κ1) is 24.3. The van der Waals surface area contributed by atoms with Gasteiger partial charge < -0.3 is 15.0 Å². The van der Waals surface area contributed by atoms with Crippen LogP contribution >= 0.6 is 11.8 Å². The summed E-state index contributed by atoms with van der Waals surface area (Å²) in [6.07, 6.45) is 1.84. The van der Waals surface area contributed by atoms with Gasteiger partial charge in [0, 0.05) is 19.1 Å². The van der Waals surface area contributed by atoms with Crippen LogP contribution in [0, 0.1) is 0 Å². The fraction of sp³-hybridized carbons (Fsp3) is 0.423.